The van der Waals surface area contributed by atoms with Gasteiger partial charge in [-0.3, -0.25) is 19.5 Å². The third kappa shape index (κ3) is 4.43. The first-order valence-electron chi connectivity index (χ1n) is 9.47. The monoisotopic (exact) mass is 424 g/mol. The van der Waals surface area contributed by atoms with Gasteiger partial charge >= 0.3 is 0 Å². The van der Waals surface area contributed by atoms with Crippen LogP contribution in [0.15, 0.2) is 66.1 Å². The van der Waals surface area contributed by atoms with E-state index in [1.165, 1.54) is 23.9 Å². The van der Waals surface area contributed by atoms with E-state index < -0.39 is 4.92 Å². The summed E-state index contributed by atoms with van der Waals surface area (Å²) in [6.07, 6.45) is 1.64. The first kappa shape index (κ1) is 19.9. The highest BCUT2D eigenvalue weighted by Gasteiger charge is 2.22. The van der Waals surface area contributed by atoms with E-state index in [0.717, 1.165) is 11.4 Å². The molecule has 1 fully saturated rings. The van der Waals surface area contributed by atoms with Crippen LogP contribution in [-0.2, 0) is 4.79 Å². The Kier molecular flexibility index (Phi) is 5.94. The number of rotatable bonds is 6. The maximum atomic E-state index is 12.7. The highest BCUT2D eigenvalue weighted by Crippen LogP contribution is 2.22. The molecule has 154 valence electrons. The summed E-state index contributed by atoms with van der Waals surface area (Å²) in [4.78, 5) is 27.0. The zero-order chi connectivity index (χ0) is 20.9. The molecule has 2 aromatic carbocycles. The molecule has 0 saturated carbocycles. The summed E-state index contributed by atoms with van der Waals surface area (Å²) >= 11 is 1.37. The Morgan fingerprint density at radius 3 is 2.37 bits per heavy atom. The number of thioether (sulfide) groups is 1. The summed E-state index contributed by atoms with van der Waals surface area (Å²) < 4.78 is 1.87. The normalized spacial score (nSPS) is 14.0. The fraction of sp³-hybridized carbons (Fsp3) is 0.250. The average Bonchev–Trinajstić information content (AvgIpc) is 3.27. The van der Waals surface area contributed by atoms with Crippen molar-refractivity contribution in [1.82, 2.24) is 19.7 Å². The van der Waals surface area contributed by atoms with Crippen molar-refractivity contribution >= 4 is 29.0 Å². The minimum atomic E-state index is -0.406. The summed E-state index contributed by atoms with van der Waals surface area (Å²) in [5.41, 5.74) is 1.96. The van der Waals surface area contributed by atoms with Gasteiger partial charge in [-0.2, -0.15) is 0 Å². The van der Waals surface area contributed by atoms with Gasteiger partial charge in [-0.25, -0.2) is 0 Å². The smallest absolute Gasteiger partial charge is 0.269 e. The molecule has 1 aliphatic heterocycles. The lowest BCUT2D eigenvalue weighted by atomic mass is 10.2. The molecule has 0 aliphatic carbocycles. The number of aromatic nitrogens is 3. The Morgan fingerprint density at radius 1 is 1.00 bits per heavy atom. The highest BCUT2D eigenvalue weighted by molar-refractivity contribution is 7.99. The molecule has 4 rings (SSSR count). The minimum Gasteiger partial charge on any atom is -0.368 e. The minimum absolute atomic E-state index is 0.0611. The van der Waals surface area contributed by atoms with Crippen LogP contribution in [0.25, 0.3) is 5.69 Å². The molecule has 1 amide bonds. The Labute approximate surface area is 177 Å². The second-order valence-electron chi connectivity index (χ2n) is 6.75. The van der Waals surface area contributed by atoms with E-state index in [2.05, 4.69) is 15.1 Å². The number of hydrogen-bond donors (Lipinski definition) is 0. The first-order valence-corrected chi connectivity index (χ1v) is 10.5. The predicted octanol–water partition coefficient (Wildman–Crippen LogP) is 2.62. The fourth-order valence-electron chi connectivity index (χ4n) is 3.31. The van der Waals surface area contributed by atoms with Gasteiger partial charge < -0.3 is 9.80 Å². The summed E-state index contributed by atoms with van der Waals surface area (Å²) in [5.74, 6) is 0.356. The number of piperazine rings is 1. The molecule has 0 radical (unpaired) electrons. The number of benzene rings is 2. The summed E-state index contributed by atoms with van der Waals surface area (Å²) in [6.45, 7) is 2.60. The lowest BCUT2D eigenvalue weighted by Gasteiger charge is -2.36. The van der Waals surface area contributed by atoms with Crippen molar-refractivity contribution in [2.45, 2.75) is 5.16 Å². The molecule has 2 heterocycles. The maximum Gasteiger partial charge on any atom is 0.269 e. The second kappa shape index (κ2) is 8.95. The van der Waals surface area contributed by atoms with E-state index >= 15 is 0 Å². The molecule has 10 heteroatoms. The van der Waals surface area contributed by atoms with Crippen LogP contribution in [0, 0.1) is 10.1 Å². The number of carbonyl (C=O) groups excluding carboxylic acids is 1. The van der Waals surface area contributed by atoms with Crippen LogP contribution < -0.4 is 4.90 Å². The third-order valence-corrected chi connectivity index (χ3v) is 5.86. The number of non-ortho nitro benzene ring substituents is 1. The largest absolute Gasteiger partial charge is 0.368 e. The first-order chi connectivity index (χ1) is 14.6. The molecule has 0 unspecified atom stereocenters. The van der Waals surface area contributed by atoms with Crippen molar-refractivity contribution in [1.29, 1.82) is 0 Å². The van der Waals surface area contributed by atoms with Crippen LogP contribution in [0.1, 0.15) is 0 Å². The fourth-order valence-corrected chi connectivity index (χ4v) is 4.14. The topological polar surface area (TPSA) is 97.4 Å². The molecule has 1 saturated heterocycles. The van der Waals surface area contributed by atoms with Gasteiger partial charge in [-0.15, -0.1) is 10.2 Å². The van der Waals surface area contributed by atoms with Gasteiger partial charge in [0.05, 0.1) is 10.7 Å². The number of nitro groups is 1. The molecule has 30 heavy (non-hydrogen) atoms. The number of nitrogens with zero attached hydrogens (tertiary/aromatic N) is 6. The summed E-state index contributed by atoms with van der Waals surface area (Å²) in [5, 5.41) is 19.6. The zero-order valence-electron chi connectivity index (χ0n) is 16.1. The van der Waals surface area contributed by atoms with Gasteiger partial charge in [-0.1, -0.05) is 30.0 Å². The van der Waals surface area contributed by atoms with E-state index in [4.69, 9.17) is 0 Å². The second-order valence-corrected chi connectivity index (χ2v) is 7.69. The molecule has 9 nitrogen and oxygen atoms in total. The maximum absolute atomic E-state index is 12.7. The van der Waals surface area contributed by atoms with E-state index in [9.17, 15) is 14.9 Å². The lowest BCUT2D eigenvalue weighted by molar-refractivity contribution is -0.384. The standard InChI is InChI=1S/C20H20N6O3S/c27-19(14-30-20-22-21-15-25(20)17-4-2-1-3-5-17)24-12-10-23(11-13-24)16-6-8-18(9-7-16)26(28)29/h1-9,15H,10-14H2. The van der Waals surface area contributed by atoms with E-state index in [1.54, 1.807) is 18.5 Å². The number of hydrogen-bond acceptors (Lipinski definition) is 7. The van der Waals surface area contributed by atoms with Crippen LogP contribution in [0.5, 0.6) is 0 Å². The van der Waals surface area contributed by atoms with Crippen LogP contribution in [-0.4, -0.2) is 62.4 Å². The molecule has 3 aromatic rings. The predicted molar refractivity (Wildman–Crippen MR) is 114 cm³/mol. The number of anilines is 1. The zero-order valence-corrected chi connectivity index (χ0v) is 16.9. The van der Waals surface area contributed by atoms with Crippen molar-refractivity contribution in [2.75, 3.05) is 36.8 Å². The third-order valence-electron chi connectivity index (χ3n) is 4.93. The van der Waals surface area contributed by atoms with Crippen molar-refractivity contribution in [3.05, 3.63) is 71.0 Å². The van der Waals surface area contributed by atoms with Crippen molar-refractivity contribution in [3.63, 3.8) is 0 Å². The van der Waals surface area contributed by atoms with Crippen molar-refractivity contribution in [2.24, 2.45) is 0 Å². The van der Waals surface area contributed by atoms with Gasteiger partial charge in [0.2, 0.25) is 5.91 Å². The Morgan fingerprint density at radius 2 is 1.70 bits per heavy atom. The molecule has 0 bridgehead atoms. The molecular weight excluding hydrogens is 404 g/mol. The van der Waals surface area contributed by atoms with Crippen LogP contribution in [0.3, 0.4) is 0 Å². The summed E-state index contributed by atoms with van der Waals surface area (Å²) in [6, 6.07) is 16.3. The van der Waals surface area contributed by atoms with E-state index in [1.807, 2.05) is 39.8 Å². The quantitative estimate of drug-likeness (QED) is 0.341. The van der Waals surface area contributed by atoms with Gasteiger partial charge in [0, 0.05) is 49.7 Å². The number of nitro benzene ring substituents is 1. The van der Waals surface area contributed by atoms with Crippen molar-refractivity contribution in [3.8, 4) is 5.69 Å². The molecule has 1 aliphatic rings. The van der Waals surface area contributed by atoms with Gasteiger partial charge in [0.25, 0.3) is 5.69 Å². The number of carbonyl (C=O) groups is 1. The van der Waals surface area contributed by atoms with Crippen LogP contribution in [0.2, 0.25) is 0 Å². The van der Waals surface area contributed by atoms with Gasteiger partial charge in [0.15, 0.2) is 5.16 Å². The van der Waals surface area contributed by atoms with Crippen LogP contribution >= 0.6 is 11.8 Å². The molecule has 0 N–H and O–H groups in total. The summed E-state index contributed by atoms with van der Waals surface area (Å²) in [7, 11) is 0. The molecule has 0 spiro atoms. The highest BCUT2D eigenvalue weighted by atomic mass is 32.2. The Hall–Kier alpha value is -3.40. The van der Waals surface area contributed by atoms with E-state index in [0.29, 0.717) is 37.1 Å². The van der Waals surface area contributed by atoms with Gasteiger partial charge in [-0.05, 0) is 24.3 Å². The number of amides is 1. The lowest BCUT2D eigenvalue weighted by Crippen LogP contribution is -2.49. The Bertz CT molecular complexity index is 1020. The number of para-hydroxylation sites is 1. The molecular formula is C20H20N6O3S. The van der Waals surface area contributed by atoms with E-state index in [-0.39, 0.29) is 11.6 Å². The van der Waals surface area contributed by atoms with Crippen molar-refractivity contribution < 1.29 is 9.72 Å². The molecule has 1 aromatic heterocycles. The SMILES string of the molecule is O=C(CSc1nncn1-c1ccccc1)N1CCN(c2ccc([N+](=O)[O-])cc2)CC1. The Balaban J connectivity index is 1.30. The van der Waals surface area contributed by atoms with Gasteiger partial charge in [0.1, 0.15) is 6.33 Å². The van der Waals surface area contributed by atoms with Crippen LogP contribution in [0.4, 0.5) is 11.4 Å². The molecule has 0 atom stereocenters. The average molecular weight is 424 g/mol.